The van der Waals surface area contributed by atoms with E-state index in [1.54, 1.807) is 18.0 Å². The molecule has 1 N–H and O–H groups in total. The Labute approximate surface area is 189 Å². The van der Waals surface area contributed by atoms with Crippen LogP contribution in [0.1, 0.15) is 72.1 Å². The van der Waals surface area contributed by atoms with Crippen LogP contribution in [0.25, 0.3) is 0 Å². The van der Waals surface area contributed by atoms with Gasteiger partial charge in [-0.05, 0) is 67.6 Å². The molecule has 2 heterocycles. The molecule has 1 aromatic carbocycles. The number of ketones is 1. The number of carbonyl (C=O) groups is 1. The van der Waals surface area contributed by atoms with Crippen LogP contribution >= 0.6 is 23.4 Å². The Bertz CT molecular complexity index is 862. The van der Waals surface area contributed by atoms with Crippen molar-refractivity contribution < 1.29 is 4.79 Å². The second-order valence-electron chi connectivity index (χ2n) is 8.56. The van der Waals surface area contributed by atoms with Gasteiger partial charge in [-0.1, -0.05) is 49.8 Å². The predicted molar refractivity (Wildman–Crippen MR) is 126 cm³/mol. The first-order valence-electron chi connectivity index (χ1n) is 11.3. The van der Waals surface area contributed by atoms with Gasteiger partial charge in [0.2, 0.25) is 0 Å². The number of thioether (sulfide) groups is 1. The van der Waals surface area contributed by atoms with Crippen molar-refractivity contribution in [3.05, 3.63) is 57.9 Å². The van der Waals surface area contributed by atoms with Crippen molar-refractivity contribution in [2.45, 2.75) is 68.4 Å². The predicted octanol–water partition coefficient (Wildman–Crippen LogP) is 6.26. The molecule has 3 nitrogen and oxygen atoms in total. The van der Waals surface area contributed by atoms with Gasteiger partial charge in [0.1, 0.15) is 0 Å². The van der Waals surface area contributed by atoms with Crippen molar-refractivity contribution in [3.8, 4) is 0 Å². The lowest BCUT2D eigenvalue weighted by Crippen LogP contribution is -2.16. The lowest BCUT2D eigenvalue weighted by molar-refractivity contribution is 0.0970. The number of benzene rings is 1. The zero-order valence-electron chi connectivity index (χ0n) is 17.6. The van der Waals surface area contributed by atoms with Crippen molar-refractivity contribution in [2.75, 3.05) is 13.1 Å². The van der Waals surface area contributed by atoms with Crippen molar-refractivity contribution >= 4 is 29.1 Å². The summed E-state index contributed by atoms with van der Waals surface area (Å²) < 4.78 is 0. The lowest BCUT2D eigenvalue weighted by Gasteiger charge is -2.20. The Hall–Kier alpha value is -1.36. The van der Waals surface area contributed by atoms with E-state index in [0.717, 1.165) is 60.3 Å². The van der Waals surface area contributed by atoms with Gasteiger partial charge in [0.15, 0.2) is 5.78 Å². The van der Waals surface area contributed by atoms with Gasteiger partial charge in [-0.25, -0.2) is 0 Å². The largest absolute Gasteiger partial charge is 0.316 e. The number of fused-ring (bicyclic) bond motifs is 1. The molecule has 0 saturated heterocycles. The summed E-state index contributed by atoms with van der Waals surface area (Å²) in [6, 6.07) is 8.14. The highest BCUT2D eigenvalue weighted by Gasteiger charge is 2.17. The average molecular weight is 443 g/mol. The number of Topliss-reactive ketones (excluding diaryl/α,β-unsaturated/α-hetero) is 1. The van der Waals surface area contributed by atoms with Gasteiger partial charge in [-0.3, -0.25) is 9.78 Å². The molecule has 0 amide bonds. The van der Waals surface area contributed by atoms with E-state index in [0.29, 0.717) is 6.42 Å². The second-order valence-corrected chi connectivity index (χ2v) is 9.95. The van der Waals surface area contributed by atoms with Crippen molar-refractivity contribution in [1.82, 2.24) is 10.3 Å². The molecule has 1 saturated carbocycles. The molecule has 0 spiro atoms. The van der Waals surface area contributed by atoms with Gasteiger partial charge in [0.05, 0.1) is 10.7 Å². The normalized spacial score (nSPS) is 17.4. The minimum Gasteiger partial charge on any atom is -0.316 e. The Balaban J connectivity index is 1.34. The van der Waals surface area contributed by atoms with Crippen LogP contribution < -0.4 is 5.32 Å². The van der Waals surface area contributed by atoms with Crippen LogP contribution in [0, 0.1) is 5.92 Å². The van der Waals surface area contributed by atoms with E-state index in [9.17, 15) is 4.79 Å². The van der Waals surface area contributed by atoms with Crippen LogP contribution in [-0.2, 0) is 18.6 Å². The van der Waals surface area contributed by atoms with Gasteiger partial charge >= 0.3 is 0 Å². The standard InChI is InChI=1S/C25H31ClN2OS/c26-23-10-8-19-12-14-27-15-13-22(19)25(23)30-17-21-9-7-20(16-28-21)24(29)11-6-18-4-2-1-3-5-18/h7-10,16,18,27H,1-6,11-15,17H2. The molecular formula is C25H31ClN2OS. The Morgan fingerprint density at radius 1 is 1.10 bits per heavy atom. The van der Waals surface area contributed by atoms with Crippen LogP contribution in [0.3, 0.4) is 0 Å². The van der Waals surface area contributed by atoms with E-state index in [1.165, 1.54) is 48.1 Å². The summed E-state index contributed by atoms with van der Waals surface area (Å²) >= 11 is 8.30. The SMILES string of the molecule is O=C(CCC1CCCCC1)c1ccc(CSc2c(Cl)ccc3c2CCNCC3)nc1. The third-order valence-corrected chi connectivity index (χ3v) is 8.07. The fourth-order valence-corrected chi connectivity index (χ4v) is 6.06. The molecule has 1 fully saturated rings. The van der Waals surface area contributed by atoms with Gasteiger partial charge in [-0.15, -0.1) is 11.8 Å². The maximum Gasteiger partial charge on any atom is 0.164 e. The monoisotopic (exact) mass is 442 g/mol. The molecule has 0 radical (unpaired) electrons. The van der Waals surface area contributed by atoms with Crippen LogP contribution in [0.5, 0.6) is 0 Å². The number of aromatic nitrogens is 1. The molecule has 5 heteroatoms. The first-order chi connectivity index (χ1) is 14.7. The Morgan fingerprint density at radius 2 is 1.93 bits per heavy atom. The van der Waals surface area contributed by atoms with E-state index in [2.05, 4.69) is 16.4 Å². The molecule has 0 bridgehead atoms. The maximum absolute atomic E-state index is 12.5. The summed E-state index contributed by atoms with van der Waals surface area (Å²) in [7, 11) is 0. The van der Waals surface area contributed by atoms with Gasteiger partial charge in [0.25, 0.3) is 0 Å². The number of hydrogen-bond acceptors (Lipinski definition) is 4. The number of nitrogens with zero attached hydrogens (tertiary/aromatic N) is 1. The van der Waals surface area contributed by atoms with E-state index in [-0.39, 0.29) is 5.78 Å². The van der Waals surface area contributed by atoms with Crippen molar-refractivity contribution in [1.29, 1.82) is 0 Å². The summed E-state index contributed by atoms with van der Waals surface area (Å²) in [6.07, 6.45) is 12.1. The van der Waals surface area contributed by atoms with E-state index >= 15 is 0 Å². The molecule has 2 aromatic rings. The van der Waals surface area contributed by atoms with E-state index in [4.69, 9.17) is 11.6 Å². The molecular weight excluding hydrogens is 412 g/mol. The summed E-state index contributed by atoms with van der Waals surface area (Å²) in [4.78, 5) is 18.3. The zero-order valence-corrected chi connectivity index (χ0v) is 19.2. The van der Waals surface area contributed by atoms with Crippen LogP contribution in [-0.4, -0.2) is 23.9 Å². The first kappa shape index (κ1) is 21.9. The number of rotatable bonds is 7. The number of nitrogens with one attached hydrogen (secondary N) is 1. The topological polar surface area (TPSA) is 42.0 Å². The van der Waals surface area contributed by atoms with Crippen molar-refractivity contribution in [2.24, 2.45) is 5.92 Å². The fourth-order valence-electron chi connectivity index (χ4n) is 4.64. The van der Waals surface area contributed by atoms with E-state index in [1.807, 2.05) is 18.2 Å². The minimum atomic E-state index is 0.233. The molecule has 4 rings (SSSR count). The van der Waals surface area contributed by atoms with Gasteiger partial charge < -0.3 is 5.32 Å². The number of hydrogen-bond donors (Lipinski definition) is 1. The summed E-state index contributed by atoms with van der Waals surface area (Å²) in [6.45, 7) is 2.02. The Kier molecular flexibility index (Phi) is 7.86. The van der Waals surface area contributed by atoms with Gasteiger partial charge in [0, 0.05) is 28.8 Å². The summed E-state index contributed by atoms with van der Waals surface area (Å²) in [5.74, 6) is 1.74. The smallest absolute Gasteiger partial charge is 0.164 e. The average Bonchev–Trinajstić information content (AvgIpc) is 3.03. The highest BCUT2D eigenvalue weighted by Crippen LogP contribution is 2.35. The lowest BCUT2D eigenvalue weighted by atomic mass is 9.85. The van der Waals surface area contributed by atoms with E-state index < -0.39 is 0 Å². The maximum atomic E-state index is 12.5. The first-order valence-corrected chi connectivity index (χ1v) is 12.7. The van der Waals surface area contributed by atoms with Crippen LogP contribution in [0.15, 0.2) is 35.4 Å². The fraction of sp³-hybridized carbons (Fsp3) is 0.520. The number of carbonyl (C=O) groups excluding carboxylic acids is 1. The second kappa shape index (κ2) is 10.8. The molecule has 0 atom stereocenters. The quantitative estimate of drug-likeness (QED) is 0.406. The number of pyridine rings is 1. The highest BCUT2D eigenvalue weighted by molar-refractivity contribution is 7.98. The molecule has 0 unspecified atom stereocenters. The molecule has 30 heavy (non-hydrogen) atoms. The Morgan fingerprint density at radius 3 is 2.73 bits per heavy atom. The minimum absolute atomic E-state index is 0.233. The molecule has 2 aliphatic rings. The molecule has 1 aromatic heterocycles. The number of halogens is 1. The highest BCUT2D eigenvalue weighted by atomic mass is 35.5. The van der Waals surface area contributed by atoms with Crippen LogP contribution in [0.4, 0.5) is 0 Å². The van der Waals surface area contributed by atoms with Crippen molar-refractivity contribution in [3.63, 3.8) is 0 Å². The summed E-state index contributed by atoms with van der Waals surface area (Å²) in [5.41, 5.74) is 4.52. The molecule has 1 aliphatic heterocycles. The molecule has 1 aliphatic carbocycles. The third-order valence-electron chi connectivity index (χ3n) is 6.45. The molecule has 160 valence electrons. The third kappa shape index (κ3) is 5.66. The summed E-state index contributed by atoms with van der Waals surface area (Å²) in [5, 5.41) is 4.29. The van der Waals surface area contributed by atoms with Gasteiger partial charge in [-0.2, -0.15) is 0 Å². The van der Waals surface area contributed by atoms with Crippen LogP contribution in [0.2, 0.25) is 5.02 Å². The zero-order chi connectivity index (χ0) is 20.8.